The first-order valence-corrected chi connectivity index (χ1v) is 10.6. The highest BCUT2D eigenvalue weighted by Gasteiger charge is 2.35. The second kappa shape index (κ2) is 9.18. The number of carbonyl (C=O) groups is 2. The van der Waals surface area contributed by atoms with Gasteiger partial charge in [0.2, 0.25) is 0 Å². The fraction of sp³-hybridized carbons (Fsp3) is 0.120. The molecule has 4 rings (SSSR count). The van der Waals surface area contributed by atoms with Gasteiger partial charge >= 0.3 is 0 Å². The number of hydrogen-bond donors (Lipinski definition) is 0. The third kappa shape index (κ3) is 4.86. The fourth-order valence-corrected chi connectivity index (χ4v) is 4.10. The van der Waals surface area contributed by atoms with E-state index in [1.165, 1.54) is 11.0 Å². The molecule has 3 aromatic carbocycles. The maximum absolute atomic E-state index is 13.9. The monoisotopic (exact) mass is 433 g/mol. The number of rotatable bonds is 6. The summed E-state index contributed by atoms with van der Waals surface area (Å²) in [4.78, 5) is 26.9. The van der Waals surface area contributed by atoms with Gasteiger partial charge in [-0.15, -0.1) is 0 Å². The fourth-order valence-electron chi connectivity index (χ4n) is 3.27. The van der Waals surface area contributed by atoms with Crippen molar-refractivity contribution in [2.45, 2.75) is 20.1 Å². The van der Waals surface area contributed by atoms with E-state index in [0.717, 1.165) is 22.9 Å². The molecular weight excluding hydrogens is 413 g/mol. The van der Waals surface area contributed by atoms with Crippen LogP contribution in [0.1, 0.15) is 22.3 Å². The third-order valence-electron chi connectivity index (χ3n) is 4.84. The molecular formula is C25H20FNO3S. The Morgan fingerprint density at radius 3 is 2.58 bits per heavy atom. The van der Waals surface area contributed by atoms with Crippen molar-refractivity contribution in [1.29, 1.82) is 0 Å². The van der Waals surface area contributed by atoms with Crippen molar-refractivity contribution in [2.24, 2.45) is 0 Å². The summed E-state index contributed by atoms with van der Waals surface area (Å²) in [6, 6.07) is 21.3. The molecule has 0 unspecified atom stereocenters. The zero-order chi connectivity index (χ0) is 21.8. The first-order chi connectivity index (χ1) is 15.0. The minimum absolute atomic E-state index is 0.0619. The lowest BCUT2D eigenvalue weighted by Crippen LogP contribution is -2.27. The van der Waals surface area contributed by atoms with E-state index >= 15 is 0 Å². The highest BCUT2D eigenvalue weighted by molar-refractivity contribution is 8.18. The normalized spacial score (nSPS) is 15.0. The van der Waals surface area contributed by atoms with Gasteiger partial charge < -0.3 is 4.74 Å². The maximum Gasteiger partial charge on any atom is 0.293 e. The molecule has 0 aromatic heterocycles. The Labute approximate surface area is 184 Å². The summed E-state index contributed by atoms with van der Waals surface area (Å²) >= 11 is 0.909. The van der Waals surface area contributed by atoms with Gasteiger partial charge in [-0.25, -0.2) is 4.39 Å². The lowest BCUT2D eigenvalue weighted by Gasteiger charge is -2.13. The molecule has 3 aromatic rings. The van der Waals surface area contributed by atoms with Crippen molar-refractivity contribution < 1.29 is 18.7 Å². The van der Waals surface area contributed by atoms with Gasteiger partial charge in [-0.05, 0) is 42.5 Å². The summed E-state index contributed by atoms with van der Waals surface area (Å²) in [5.74, 6) is -0.158. The van der Waals surface area contributed by atoms with Crippen LogP contribution in [0.3, 0.4) is 0 Å². The summed E-state index contributed by atoms with van der Waals surface area (Å²) in [7, 11) is 0. The van der Waals surface area contributed by atoms with E-state index in [4.69, 9.17) is 4.74 Å². The molecule has 1 saturated heterocycles. The van der Waals surface area contributed by atoms with Crippen LogP contribution in [0.2, 0.25) is 0 Å². The quantitative estimate of drug-likeness (QED) is 0.451. The van der Waals surface area contributed by atoms with Crippen LogP contribution in [0.5, 0.6) is 5.75 Å². The zero-order valence-electron chi connectivity index (χ0n) is 16.9. The standard InChI is InChI=1S/C25H20FNO3S/c1-17-7-6-8-18(13-17)15-27-24(28)23(31-25(27)29)14-19-9-3-5-12-22(19)30-16-20-10-2-4-11-21(20)26/h2-14H,15-16H2,1H3/b23-14-. The van der Waals surface area contributed by atoms with Gasteiger partial charge in [0.25, 0.3) is 11.1 Å². The highest BCUT2D eigenvalue weighted by atomic mass is 32.2. The molecule has 1 fully saturated rings. The first kappa shape index (κ1) is 20.9. The summed E-state index contributed by atoms with van der Waals surface area (Å²) in [6.07, 6.45) is 1.65. The molecule has 0 radical (unpaired) electrons. The first-order valence-electron chi connectivity index (χ1n) is 9.77. The van der Waals surface area contributed by atoms with E-state index in [-0.39, 0.29) is 30.1 Å². The summed E-state index contributed by atoms with van der Waals surface area (Å²) in [6.45, 7) is 2.26. The van der Waals surface area contributed by atoms with E-state index in [0.29, 0.717) is 21.8 Å². The molecule has 2 amide bonds. The number of halogens is 1. The number of para-hydroxylation sites is 1. The molecule has 31 heavy (non-hydrogen) atoms. The molecule has 0 atom stereocenters. The number of imide groups is 1. The second-order valence-corrected chi connectivity index (χ2v) is 8.17. The van der Waals surface area contributed by atoms with Crippen molar-refractivity contribution in [3.05, 3.63) is 106 Å². The van der Waals surface area contributed by atoms with Gasteiger partial charge in [0.05, 0.1) is 11.4 Å². The second-order valence-electron chi connectivity index (χ2n) is 7.17. The molecule has 0 spiro atoms. The topological polar surface area (TPSA) is 46.6 Å². The Hall–Kier alpha value is -3.38. The predicted molar refractivity (Wildman–Crippen MR) is 120 cm³/mol. The van der Waals surface area contributed by atoms with Crippen LogP contribution in [0.15, 0.2) is 77.7 Å². The molecule has 1 aliphatic heterocycles. The number of thioether (sulfide) groups is 1. The number of aryl methyl sites for hydroxylation is 1. The zero-order valence-corrected chi connectivity index (χ0v) is 17.7. The lowest BCUT2D eigenvalue weighted by atomic mass is 10.1. The lowest BCUT2D eigenvalue weighted by molar-refractivity contribution is -0.123. The van der Waals surface area contributed by atoms with Crippen LogP contribution in [0.25, 0.3) is 6.08 Å². The molecule has 1 heterocycles. The number of carbonyl (C=O) groups excluding carboxylic acids is 2. The van der Waals surface area contributed by atoms with Gasteiger partial charge in [0, 0.05) is 11.1 Å². The van der Waals surface area contributed by atoms with Crippen LogP contribution < -0.4 is 4.74 Å². The third-order valence-corrected chi connectivity index (χ3v) is 5.75. The highest BCUT2D eigenvalue weighted by Crippen LogP contribution is 2.35. The Morgan fingerprint density at radius 1 is 1.00 bits per heavy atom. The van der Waals surface area contributed by atoms with E-state index in [9.17, 15) is 14.0 Å². The minimum atomic E-state index is -0.336. The van der Waals surface area contributed by atoms with E-state index < -0.39 is 0 Å². The average molecular weight is 434 g/mol. The molecule has 0 N–H and O–H groups in total. The van der Waals surface area contributed by atoms with Crippen molar-refractivity contribution in [2.75, 3.05) is 0 Å². The molecule has 156 valence electrons. The van der Waals surface area contributed by atoms with Gasteiger partial charge in [-0.1, -0.05) is 66.2 Å². The molecule has 6 heteroatoms. The molecule has 0 bridgehead atoms. The summed E-state index contributed by atoms with van der Waals surface area (Å²) in [5.41, 5.74) is 3.06. The van der Waals surface area contributed by atoms with Gasteiger partial charge in [0.1, 0.15) is 18.2 Å². The smallest absolute Gasteiger partial charge is 0.293 e. The Balaban J connectivity index is 1.53. The Morgan fingerprint density at radius 2 is 1.77 bits per heavy atom. The minimum Gasteiger partial charge on any atom is -0.488 e. The van der Waals surface area contributed by atoms with Crippen LogP contribution in [0.4, 0.5) is 9.18 Å². The van der Waals surface area contributed by atoms with E-state index in [2.05, 4.69) is 0 Å². The molecule has 0 saturated carbocycles. The van der Waals surface area contributed by atoms with Crippen molar-refractivity contribution >= 4 is 29.0 Å². The largest absolute Gasteiger partial charge is 0.488 e. The molecule has 4 nitrogen and oxygen atoms in total. The summed E-state index contributed by atoms with van der Waals surface area (Å²) in [5, 5.41) is -0.303. The van der Waals surface area contributed by atoms with Gasteiger partial charge in [-0.2, -0.15) is 0 Å². The van der Waals surface area contributed by atoms with Crippen LogP contribution in [-0.4, -0.2) is 16.0 Å². The average Bonchev–Trinajstić information content (AvgIpc) is 3.01. The number of hydrogen-bond acceptors (Lipinski definition) is 4. The Kier molecular flexibility index (Phi) is 6.18. The van der Waals surface area contributed by atoms with Gasteiger partial charge in [-0.3, -0.25) is 14.5 Å². The van der Waals surface area contributed by atoms with Gasteiger partial charge in [0.15, 0.2) is 0 Å². The van der Waals surface area contributed by atoms with E-state index in [1.807, 2.05) is 37.3 Å². The predicted octanol–water partition coefficient (Wildman–Crippen LogP) is 5.95. The summed E-state index contributed by atoms with van der Waals surface area (Å²) < 4.78 is 19.7. The van der Waals surface area contributed by atoms with Crippen LogP contribution in [0, 0.1) is 12.7 Å². The SMILES string of the molecule is Cc1cccc(CN2C(=O)S/C(=C\c3ccccc3OCc3ccccc3F)C2=O)c1. The maximum atomic E-state index is 13.9. The van der Waals surface area contributed by atoms with Crippen LogP contribution >= 0.6 is 11.8 Å². The van der Waals surface area contributed by atoms with E-state index in [1.54, 1.807) is 42.5 Å². The van der Waals surface area contributed by atoms with Crippen molar-refractivity contribution in [3.63, 3.8) is 0 Å². The number of benzene rings is 3. The van der Waals surface area contributed by atoms with Crippen molar-refractivity contribution in [3.8, 4) is 5.75 Å². The molecule has 1 aliphatic rings. The van der Waals surface area contributed by atoms with Crippen molar-refractivity contribution in [1.82, 2.24) is 4.90 Å². The number of nitrogens with zero attached hydrogens (tertiary/aromatic N) is 1. The van der Waals surface area contributed by atoms with Crippen LogP contribution in [-0.2, 0) is 17.9 Å². The number of ether oxygens (including phenoxy) is 1. The molecule has 0 aliphatic carbocycles. The number of amides is 2. The Bertz CT molecular complexity index is 1170.